The van der Waals surface area contributed by atoms with Gasteiger partial charge in [-0.3, -0.25) is 0 Å². The van der Waals surface area contributed by atoms with Gasteiger partial charge in [-0.25, -0.2) is 4.79 Å². The highest BCUT2D eigenvalue weighted by Crippen LogP contribution is 1.75. The van der Waals surface area contributed by atoms with Crippen molar-refractivity contribution in [1.82, 2.24) is 5.32 Å². The summed E-state index contributed by atoms with van der Waals surface area (Å²) in [5, 5.41) is 11.6. The van der Waals surface area contributed by atoms with Crippen molar-refractivity contribution in [2.75, 3.05) is 19.7 Å². The van der Waals surface area contributed by atoms with Gasteiger partial charge < -0.3 is 20.9 Å². The molecule has 0 fully saturated rings. The molecule has 5 nitrogen and oxygen atoms in total. The summed E-state index contributed by atoms with van der Waals surface area (Å²) in [5.41, 5.74) is 4.70. The molecule has 0 aliphatic rings. The maximum atomic E-state index is 10.0. The molecule has 0 heterocycles. The van der Waals surface area contributed by atoms with E-state index in [9.17, 15) is 4.79 Å². The van der Waals surface area contributed by atoms with E-state index in [0.717, 1.165) is 0 Å². The van der Waals surface area contributed by atoms with Crippen LogP contribution in [0.15, 0.2) is 0 Å². The van der Waals surface area contributed by atoms with Gasteiger partial charge in [-0.1, -0.05) is 0 Å². The zero-order chi connectivity index (χ0) is 8.69. The van der Waals surface area contributed by atoms with Gasteiger partial charge in [0.2, 0.25) is 0 Å². The van der Waals surface area contributed by atoms with Crippen molar-refractivity contribution in [3.63, 3.8) is 0 Å². The fraction of sp³-hybridized carbons (Fsp3) is 0.833. The highest BCUT2D eigenvalue weighted by Gasteiger charge is 1.95. The number of nitrogens with two attached hydrogens (primary N) is 1. The molecule has 5 heteroatoms. The lowest BCUT2D eigenvalue weighted by atomic mass is 10.4. The van der Waals surface area contributed by atoms with Crippen LogP contribution in [-0.4, -0.2) is 37.0 Å². The monoisotopic (exact) mass is 162 g/mol. The van der Waals surface area contributed by atoms with E-state index >= 15 is 0 Å². The third-order valence-electron chi connectivity index (χ3n) is 0.963. The molecule has 11 heavy (non-hydrogen) atoms. The fourth-order valence-electron chi connectivity index (χ4n) is 0.535. The predicted octanol–water partition coefficient (Wildman–Crippen LogP) is -0.948. The highest BCUT2D eigenvalue weighted by atomic mass is 16.5. The molecule has 0 aliphatic heterocycles. The average Bonchev–Trinajstić information content (AvgIpc) is 1.85. The van der Waals surface area contributed by atoms with Crippen molar-refractivity contribution in [3.8, 4) is 0 Å². The van der Waals surface area contributed by atoms with E-state index in [1.807, 2.05) is 0 Å². The van der Waals surface area contributed by atoms with Gasteiger partial charge in [0.1, 0.15) is 6.61 Å². The number of nitrogens with one attached hydrogen (secondary N) is 1. The number of primary amides is 1. The molecule has 0 radical (unpaired) electrons. The Morgan fingerprint density at radius 1 is 1.82 bits per heavy atom. The molecule has 0 unspecified atom stereocenters. The predicted molar refractivity (Wildman–Crippen MR) is 40.1 cm³/mol. The number of amides is 1. The van der Waals surface area contributed by atoms with Crippen molar-refractivity contribution in [1.29, 1.82) is 0 Å². The lowest BCUT2D eigenvalue weighted by Gasteiger charge is -2.05. The summed E-state index contributed by atoms with van der Waals surface area (Å²) in [6.45, 7) is 2.90. The van der Waals surface area contributed by atoms with Crippen LogP contribution in [0.1, 0.15) is 6.92 Å². The molecule has 0 saturated heterocycles. The van der Waals surface area contributed by atoms with Crippen LogP contribution in [0, 0.1) is 0 Å². The van der Waals surface area contributed by atoms with E-state index in [-0.39, 0.29) is 12.7 Å². The van der Waals surface area contributed by atoms with Crippen molar-refractivity contribution >= 4 is 6.09 Å². The van der Waals surface area contributed by atoms with E-state index in [2.05, 4.69) is 10.1 Å². The van der Waals surface area contributed by atoms with Crippen molar-refractivity contribution in [2.24, 2.45) is 5.73 Å². The topological polar surface area (TPSA) is 84.6 Å². The number of rotatable bonds is 5. The van der Waals surface area contributed by atoms with Gasteiger partial charge >= 0.3 is 6.09 Å². The molecule has 1 amide bonds. The Labute approximate surface area is 65.5 Å². The van der Waals surface area contributed by atoms with Crippen LogP contribution >= 0.6 is 0 Å². The molecule has 0 aromatic carbocycles. The summed E-state index contributed by atoms with van der Waals surface area (Å²) in [7, 11) is 0. The molecule has 0 rings (SSSR count). The quantitative estimate of drug-likeness (QED) is 0.455. The Morgan fingerprint density at radius 3 is 2.91 bits per heavy atom. The van der Waals surface area contributed by atoms with Crippen LogP contribution in [0.2, 0.25) is 0 Å². The second-order valence-electron chi connectivity index (χ2n) is 2.22. The molecule has 0 saturated carbocycles. The zero-order valence-corrected chi connectivity index (χ0v) is 6.54. The van der Waals surface area contributed by atoms with Gasteiger partial charge in [-0.05, 0) is 6.92 Å². The summed E-state index contributed by atoms with van der Waals surface area (Å²) in [6, 6.07) is 0. The molecule has 4 N–H and O–H groups in total. The third kappa shape index (κ3) is 9.19. The van der Waals surface area contributed by atoms with E-state index in [0.29, 0.717) is 13.1 Å². The van der Waals surface area contributed by atoms with Gasteiger partial charge in [0.15, 0.2) is 0 Å². The molecule has 66 valence electrons. The van der Waals surface area contributed by atoms with Crippen molar-refractivity contribution in [2.45, 2.75) is 13.0 Å². The minimum absolute atomic E-state index is 0.238. The Balaban J connectivity index is 2.97. The van der Waals surface area contributed by atoms with Crippen LogP contribution in [0.3, 0.4) is 0 Å². The van der Waals surface area contributed by atoms with Gasteiger partial charge in [-0.15, -0.1) is 0 Å². The van der Waals surface area contributed by atoms with Crippen LogP contribution in [0.5, 0.6) is 0 Å². The summed E-state index contributed by atoms with van der Waals surface area (Å²) in [4.78, 5) is 10.0. The summed E-state index contributed by atoms with van der Waals surface area (Å²) < 4.78 is 4.42. The first-order valence-electron chi connectivity index (χ1n) is 3.44. The van der Waals surface area contributed by atoms with Crippen LogP contribution < -0.4 is 11.1 Å². The standard InChI is InChI=1S/C6H14N2O3/c1-5(9)4-8-2-3-11-6(7)10/h5,8-9H,2-4H2,1H3,(H2,7,10)/t5-/m0/s1. The maximum Gasteiger partial charge on any atom is 0.404 e. The van der Waals surface area contributed by atoms with Crippen LogP contribution in [0.25, 0.3) is 0 Å². The largest absolute Gasteiger partial charge is 0.448 e. The maximum absolute atomic E-state index is 10.0. The van der Waals surface area contributed by atoms with Crippen molar-refractivity contribution < 1.29 is 14.6 Å². The van der Waals surface area contributed by atoms with Gasteiger partial charge in [0.05, 0.1) is 6.10 Å². The normalized spacial score (nSPS) is 12.5. The second-order valence-corrected chi connectivity index (χ2v) is 2.22. The molecule has 0 spiro atoms. The number of carbonyl (C=O) groups excluding carboxylic acids is 1. The SMILES string of the molecule is C[C@H](O)CNCCOC(N)=O. The Hall–Kier alpha value is -0.810. The zero-order valence-electron chi connectivity index (χ0n) is 6.54. The molecule has 0 aromatic rings. The first-order chi connectivity index (χ1) is 5.13. The van der Waals surface area contributed by atoms with Gasteiger partial charge in [0.25, 0.3) is 0 Å². The number of carbonyl (C=O) groups is 1. The van der Waals surface area contributed by atoms with Crippen molar-refractivity contribution in [3.05, 3.63) is 0 Å². The second kappa shape index (κ2) is 5.94. The Morgan fingerprint density at radius 2 is 2.45 bits per heavy atom. The first kappa shape index (κ1) is 10.2. The van der Waals surface area contributed by atoms with Gasteiger partial charge in [0, 0.05) is 13.1 Å². The Bertz CT molecular complexity index is 116. The fourth-order valence-corrected chi connectivity index (χ4v) is 0.535. The minimum atomic E-state index is -0.774. The highest BCUT2D eigenvalue weighted by molar-refractivity contribution is 5.64. The van der Waals surface area contributed by atoms with E-state index < -0.39 is 6.09 Å². The number of aliphatic hydroxyl groups is 1. The number of hydrogen-bond donors (Lipinski definition) is 3. The minimum Gasteiger partial charge on any atom is -0.448 e. The summed E-state index contributed by atoms with van der Waals surface area (Å²) in [5.74, 6) is 0. The number of aliphatic hydroxyl groups excluding tert-OH is 1. The van der Waals surface area contributed by atoms with E-state index in [4.69, 9.17) is 10.8 Å². The molecule has 0 aromatic heterocycles. The molecule has 0 aliphatic carbocycles. The van der Waals surface area contributed by atoms with Crippen LogP contribution in [-0.2, 0) is 4.74 Å². The summed E-state index contributed by atoms with van der Waals surface area (Å²) in [6.07, 6.45) is -1.16. The lowest BCUT2D eigenvalue weighted by Crippen LogP contribution is -2.29. The third-order valence-corrected chi connectivity index (χ3v) is 0.963. The number of hydrogen-bond acceptors (Lipinski definition) is 4. The van der Waals surface area contributed by atoms with Crippen LogP contribution in [0.4, 0.5) is 4.79 Å². The smallest absolute Gasteiger partial charge is 0.404 e. The van der Waals surface area contributed by atoms with E-state index in [1.165, 1.54) is 0 Å². The van der Waals surface area contributed by atoms with E-state index in [1.54, 1.807) is 6.92 Å². The first-order valence-corrected chi connectivity index (χ1v) is 3.44. The van der Waals surface area contributed by atoms with Gasteiger partial charge in [-0.2, -0.15) is 0 Å². The Kier molecular flexibility index (Phi) is 5.50. The molecular formula is C6H14N2O3. The average molecular weight is 162 g/mol. The number of ether oxygens (including phenoxy) is 1. The molecular weight excluding hydrogens is 148 g/mol. The summed E-state index contributed by atoms with van der Waals surface area (Å²) >= 11 is 0. The lowest BCUT2D eigenvalue weighted by molar-refractivity contribution is 0.152. The molecule has 0 bridgehead atoms. The molecule has 1 atom stereocenters.